The number of hydrogen-bond donors (Lipinski definition) is 1. The molecule has 0 saturated carbocycles. The fourth-order valence-electron chi connectivity index (χ4n) is 2.07. The predicted octanol–water partition coefficient (Wildman–Crippen LogP) is 0.847. The van der Waals surface area contributed by atoms with Crippen LogP contribution in [0.5, 0.6) is 0 Å². The molecular weight excluding hydrogens is 292 g/mol. The first-order valence-electron chi connectivity index (χ1n) is 7.02. The number of ether oxygens (including phenoxy) is 1. The highest BCUT2D eigenvalue weighted by molar-refractivity contribution is 7.89. The van der Waals surface area contributed by atoms with Crippen molar-refractivity contribution in [2.75, 3.05) is 32.8 Å². The van der Waals surface area contributed by atoms with Gasteiger partial charge in [-0.1, -0.05) is 13.0 Å². The number of benzene rings is 1. The van der Waals surface area contributed by atoms with E-state index < -0.39 is 10.0 Å². The summed E-state index contributed by atoms with van der Waals surface area (Å²) in [7, 11) is -3.57. The normalized spacial score (nSPS) is 16.6. The Labute approximate surface area is 125 Å². The van der Waals surface area contributed by atoms with Crippen LogP contribution in [0.2, 0.25) is 0 Å². The summed E-state index contributed by atoms with van der Waals surface area (Å²) in [6, 6.07) is 6.15. The van der Waals surface area contributed by atoms with Gasteiger partial charge in [-0.15, -0.1) is 0 Å². The van der Waals surface area contributed by atoms with Gasteiger partial charge in [0, 0.05) is 25.2 Å². The van der Waals surface area contributed by atoms with Crippen LogP contribution >= 0.6 is 0 Å². The number of carbonyl (C=O) groups excluding carboxylic acids is 1. The van der Waals surface area contributed by atoms with Gasteiger partial charge in [-0.05, 0) is 24.6 Å². The van der Waals surface area contributed by atoms with Gasteiger partial charge in [0.2, 0.25) is 10.0 Å². The van der Waals surface area contributed by atoms with E-state index in [4.69, 9.17) is 4.74 Å². The van der Waals surface area contributed by atoms with E-state index in [2.05, 4.69) is 5.32 Å². The maximum absolute atomic E-state index is 12.5. The lowest BCUT2D eigenvalue weighted by Gasteiger charge is -2.26. The SMILES string of the molecule is CCCNC(=O)c1cccc(S(=O)(=O)N2CCOCC2)c1. The van der Waals surface area contributed by atoms with Gasteiger partial charge in [-0.2, -0.15) is 4.31 Å². The molecule has 0 unspecified atom stereocenters. The van der Waals surface area contributed by atoms with Gasteiger partial charge >= 0.3 is 0 Å². The summed E-state index contributed by atoms with van der Waals surface area (Å²) in [4.78, 5) is 12.1. The predicted molar refractivity (Wildman–Crippen MR) is 78.6 cm³/mol. The molecule has 0 aliphatic carbocycles. The van der Waals surface area contributed by atoms with Crippen LogP contribution in [0, 0.1) is 0 Å². The lowest BCUT2D eigenvalue weighted by Crippen LogP contribution is -2.40. The molecule has 0 aromatic heterocycles. The van der Waals surface area contributed by atoms with E-state index in [-0.39, 0.29) is 10.8 Å². The zero-order chi connectivity index (χ0) is 15.3. The highest BCUT2D eigenvalue weighted by Crippen LogP contribution is 2.18. The highest BCUT2D eigenvalue weighted by Gasteiger charge is 2.26. The third kappa shape index (κ3) is 3.81. The molecule has 1 heterocycles. The van der Waals surface area contributed by atoms with Crippen molar-refractivity contribution in [1.82, 2.24) is 9.62 Å². The van der Waals surface area contributed by atoms with E-state index in [0.29, 0.717) is 38.4 Å². The minimum atomic E-state index is -3.57. The zero-order valence-electron chi connectivity index (χ0n) is 12.0. The van der Waals surface area contributed by atoms with E-state index >= 15 is 0 Å². The molecule has 0 bridgehead atoms. The van der Waals surface area contributed by atoms with Gasteiger partial charge in [0.25, 0.3) is 5.91 Å². The second-order valence-electron chi connectivity index (χ2n) is 4.80. The molecule has 0 atom stereocenters. The maximum Gasteiger partial charge on any atom is 0.251 e. The van der Waals surface area contributed by atoms with Crippen molar-refractivity contribution < 1.29 is 17.9 Å². The van der Waals surface area contributed by atoms with E-state index in [0.717, 1.165) is 6.42 Å². The van der Waals surface area contributed by atoms with Gasteiger partial charge in [-0.3, -0.25) is 4.79 Å². The number of nitrogens with one attached hydrogen (secondary N) is 1. The minimum absolute atomic E-state index is 0.147. The standard InChI is InChI=1S/C14H20N2O4S/c1-2-6-15-14(17)12-4-3-5-13(11-12)21(18,19)16-7-9-20-10-8-16/h3-5,11H,2,6-10H2,1H3,(H,15,17). The first kappa shape index (κ1) is 15.9. The number of nitrogens with zero attached hydrogens (tertiary/aromatic N) is 1. The smallest absolute Gasteiger partial charge is 0.251 e. The Bertz CT molecular complexity index is 595. The first-order chi connectivity index (χ1) is 10.1. The zero-order valence-corrected chi connectivity index (χ0v) is 12.9. The van der Waals surface area contributed by atoms with Crippen molar-refractivity contribution >= 4 is 15.9 Å². The Morgan fingerprint density at radius 2 is 2.05 bits per heavy atom. The van der Waals surface area contributed by atoms with Crippen molar-refractivity contribution in [2.45, 2.75) is 18.2 Å². The summed E-state index contributed by atoms with van der Waals surface area (Å²) in [6.07, 6.45) is 0.831. The molecule has 1 aromatic rings. The van der Waals surface area contributed by atoms with Crippen molar-refractivity contribution in [3.05, 3.63) is 29.8 Å². The molecule has 116 valence electrons. The van der Waals surface area contributed by atoms with Crippen LogP contribution in [0.1, 0.15) is 23.7 Å². The van der Waals surface area contributed by atoms with E-state index in [9.17, 15) is 13.2 Å². The minimum Gasteiger partial charge on any atom is -0.379 e. The molecule has 1 aromatic carbocycles. The molecule has 1 aliphatic rings. The number of amides is 1. The van der Waals surface area contributed by atoms with Gasteiger partial charge in [-0.25, -0.2) is 8.42 Å². The van der Waals surface area contributed by atoms with Crippen LogP contribution in [0.25, 0.3) is 0 Å². The summed E-state index contributed by atoms with van der Waals surface area (Å²) < 4.78 is 31.6. The summed E-state index contributed by atoms with van der Waals surface area (Å²) in [5.74, 6) is -0.254. The Hall–Kier alpha value is -1.44. The summed E-state index contributed by atoms with van der Waals surface area (Å²) >= 11 is 0. The Morgan fingerprint density at radius 1 is 1.33 bits per heavy atom. The third-order valence-corrected chi connectivity index (χ3v) is 5.13. The maximum atomic E-state index is 12.5. The van der Waals surface area contributed by atoms with Crippen molar-refractivity contribution in [2.24, 2.45) is 0 Å². The monoisotopic (exact) mass is 312 g/mol. The van der Waals surface area contributed by atoms with Crippen LogP contribution in [0.4, 0.5) is 0 Å². The largest absolute Gasteiger partial charge is 0.379 e. The molecule has 1 amide bonds. The Kier molecular flexibility index (Phi) is 5.33. The van der Waals surface area contributed by atoms with Crippen LogP contribution < -0.4 is 5.32 Å². The van der Waals surface area contributed by atoms with Crippen LogP contribution in [-0.4, -0.2) is 51.5 Å². The van der Waals surface area contributed by atoms with Crippen molar-refractivity contribution in [1.29, 1.82) is 0 Å². The lowest BCUT2D eigenvalue weighted by molar-refractivity contribution is 0.0730. The van der Waals surface area contributed by atoms with Crippen molar-refractivity contribution in [3.63, 3.8) is 0 Å². The van der Waals surface area contributed by atoms with Crippen molar-refractivity contribution in [3.8, 4) is 0 Å². The molecule has 1 saturated heterocycles. The molecule has 1 fully saturated rings. The van der Waals surface area contributed by atoms with Crippen LogP contribution in [-0.2, 0) is 14.8 Å². The molecule has 7 heteroatoms. The molecular formula is C14H20N2O4S. The van der Waals surface area contributed by atoms with Gasteiger partial charge in [0.1, 0.15) is 0 Å². The van der Waals surface area contributed by atoms with Gasteiger partial charge in [0.15, 0.2) is 0 Å². The van der Waals surface area contributed by atoms with E-state index in [1.807, 2.05) is 6.92 Å². The number of carbonyl (C=O) groups is 1. The number of sulfonamides is 1. The fourth-order valence-corrected chi connectivity index (χ4v) is 3.53. The number of rotatable bonds is 5. The highest BCUT2D eigenvalue weighted by atomic mass is 32.2. The molecule has 0 spiro atoms. The van der Waals surface area contributed by atoms with Crippen LogP contribution in [0.3, 0.4) is 0 Å². The number of morpholine rings is 1. The average Bonchev–Trinajstić information content (AvgIpc) is 2.53. The molecule has 1 N–H and O–H groups in total. The molecule has 0 radical (unpaired) electrons. The quantitative estimate of drug-likeness (QED) is 0.874. The molecule has 21 heavy (non-hydrogen) atoms. The van der Waals surface area contributed by atoms with Crippen LogP contribution in [0.15, 0.2) is 29.2 Å². The first-order valence-corrected chi connectivity index (χ1v) is 8.46. The second kappa shape index (κ2) is 7.02. The number of hydrogen-bond acceptors (Lipinski definition) is 4. The van der Waals surface area contributed by atoms with E-state index in [1.165, 1.54) is 16.4 Å². The Balaban J connectivity index is 2.21. The molecule has 6 nitrogen and oxygen atoms in total. The lowest BCUT2D eigenvalue weighted by atomic mass is 10.2. The summed E-state index contributed by atoms with van der Waals surface area (Å²) in [5.41, 5.74) is 0.359. The van der Waals surface area contributed by atoms with E-state index in [1.54, 1.807) is 12.1 Å². The van der Waals surface area contributed by atoms with Gasteiger partial charge in [0.05, 0.1) is 18.1 Å². The van der Waals surface area contributed by atoms with Gasteiger partial charge < -0.3 is 10.1 Å². The summed E-state index contributed by atoms with van der Waals surface area (Å²) in [6.45, 7) is 4.01. The fraction of sp³-hybridized carbons (Fsp3) is 0.500. The molecule has 2 rings (SSSR count). The third-order valence-electron chi connectivity index (χ3n) is 3.24. The topological polar surface area (TPSA) is 75.7 Å². The summed E-state index contributed by atoms with van der Waals surface area (Å²) in [5, 5.41) is 2.74. The second-order valence-corrected chi connectivity index (χ2v) is 6.74. The average molecular weight is 312 g/mol. The molecule has 1 aliphatic heterocycles. The Morgan fingerprint density at radius 3 is 2.71 bits per heavy atom.